The molecule has 0 spiro atoms. The van der Waals surface area contributed by atoms with E-state index in [1.165, 1.54) is 38.5 Å². The zero-order valence-electron chi connectivity index (χ0n) is 36.5. The topological polar surface area (TPSA) is 186 Å². The summed E-state index contributed by atoms with van der Waals surface area (Å²) < 4.78 is 54.0. The number of carbonyl (C=O) groups is 2. The highest BCUT2D eigenvalue weighted by Crippen LogP contribution is 2.24. The third-order valence-corrected chi connectivity index (χ3v) is 10.5. The van der Waals surface area contributed by atoms with Crippen molar-refractivity contribution < 1.29 is 56.8 Å². The Morgan fingerprint density at radius 1 is 0.583 bits per heavy atom. The number of hydrogen-bond donors (Lipinski definition) is 4. The zero-order chi connectivity index (χ0) is 44.1. The highest BCUT2D eigenvalue weighted by molar-refractivity contribution is 7.85. The first-order valence-electron chi connectivity index (χ1n) is 22.5. The van der Waals surface area contributed by atoms with Crippen LogP contribution in [0, 0.1) is 0 Å². The summed E-state index contributed by atoms with van der Waals surface area (Å²) in [5.74, 6) is -2.06. The maximum Gasteiger partial charge on any atom is 0.306 e. The molecule has 6 atom stereocenters. The SMILES string of the molecule is CC/C=C/C/C=C/C/C=C/C/C=C/CCCCC(=O)O[C@H](COC(=O)CCCCCCCCC/C=C/C/C=C/CCCCC)CO[C@H]1O[C@H](CS(=O)(=O)O)[C@@H](O)C(O)C1O. The monoisotopic (exact) mass is 867 g/mol. The minimum Gasteiger partial charge on any atom is -0.462 e. The number of hydrogen-bond acceptors (Lipinski definition) is 11. The molecule has 2 unspecified atom stereocenters. The average molecular weight is 867 g/mol. The van der Waals surface area contributed by atoms with E-state index in [1.54, 1.807) is 0 Å². The lowest BCUT2D eigenvalue weighted by Gasteiger charge is -2.40. The van der Waals surface area contributed by atoms with Crippen LogP contribution in [0.4, 0.5) is 0 Å². The second-order valence-electron chi connectivity index (χ2n) is 15.3. The van der Waals surface area contributed by atoms with Gasteiger partial charge in [0.1, 0.15) is 36.8 Å². The van der Waals surface area contributed by atoms with Crippen LogP contribution >= 0.6 is 0 Å². The van der Waals surface area contributed by atoms with Crippen molar-refractivity contribution in [2.24, 2.45) is 0 Å². The average Bonchev–Trinajstić information content (AvgIpc) is 3.21. The Labute approximate surface area is 361 Å². The molecule has 0 radical (unpaired) electrons. The van der Waals surface area contributed by atoms with E-state index >= 15 is 0 Å². The van der Waals surface area contributed by atoms with Crippen LogP contribution in [0.3, 0.4) is 0 Å². The Morgan fingerprint density at radius 3 is 1.60 bits per heavy atom. The molecular formula is C47H78O12S. The Morgan fingerprint density at radius 2 is 1.05 bits per heavy atom. The minimum atomic E-state index is -4.61. The van der Waals surface area contributed by atoms with Crippen molar-refractivity contribution in [1.82, 2.24) is 0 Å². The fourth-order valence-corrected chi connectivity index (χ4v) is 6.98. The summed E-state index contributed by atoms with van der Waals surface area (Å²) in [5.41, 5.74) is 0. The summed E-state index contributed by atoms with van der Waals surface area (Å²) in [6, 6.07) is 0. The summed E-state index contributed by atoms with van der Waals surface area (Å²) in [6.45, 7) is 3.56. The first kappa shape index (κ1) is 55.1. The molecule has 60 heavy (non-hydrogen) atoms. The lowest BCUT2D eigenvalue weighted by molar-refractivity contribution is -0.297. The Kier molecular flexibility index (Phi) is 33.7. The molecule has 0 amide bonds. The lowest BCUT2D eigenvalue weighted by atomic mass is 10.00. The zero-order valence-corrected chi connectivity index (χ0v) is 37.3. The molecule has 344 valence electrons. The molecule has 4 N–H and O–H groups in total. The van der Waals surface area contributed by atoms with E-state index in [2.05, 4.69) is 86.8 Å². The van der Waals surface area contributed by atoms with Gasteiger partial charge in [0.25, 0.3) is 10.1 Å². The molecule has 12 nitrogen and oxygen atoms in total. The Hall–Kier alpha value is -2.91. The molecule has 1 fully saturated rings. The van der Waals surface area contributed by atoms with Crippen molar-refractivity contribution in [2.45, 2.75) is 192 Å². The maximum absolute atomic E-state index is 12.8. The minimum absolute atomic E-state index is 0.107. The van der Waals surface area contributed by atoms with Crippen molar-refractivity contribution in [2.75, 3.05) is 19.0 Å². The smallest absolute Gasteiger partial charge is 0.306 e. The molecule has 1 heterocycles. The number of esters is 2. The van der Waals surface area contributed by atoms with Crippen molar-refractivity contribution in [3.05, 3.63) is 72.9 Å². The van der Waals surface area contributed by atoms with Gasteiger partial charge in [-0.15, -0.1) is 0 Å². The number of ether oxygens (including phenoxy) is 4. The first-order valence-corrected chi connectivity index (χ1v) is 24.1. The molecule has 1 saturated heterocycles. The van der Waals surface area contributed by atoms with Crippen LogP contribution in [-0.2, 0) is 38.7 Å². The quantitative estimate of drug-likeness (QED) is 0.0203. The van der Waals surface area contributed by atoms with Gasteiger partial charge >= 0.3 is 11.9 Å². The van der Waals surface area contributed by atoms with E-state index in [4.69, 9.17) is 18.9 Å². The van der Waals surface area contributed by atoms with E-state index in [1.807, 2.05) is 0 Å². The van der Waals surface area contributed by atoms with Gasteiger partial charge in [0.2, 0.25) is 0 Å². The summed E-state index contributed by atoms with van der Waals surface area (Å²) in [7, 11) is -4.61. The second kappa shape index (κ2) is 36.7. The van der Waals surface area contributed by atoms with Gasteiger partial charge in [-0.05, 0) is 83.5 Å². The van der Waals surface area contributed by atoms with Gasteiger partial charge in [0, 0.05) is 12.8 Å². The van der Waals surface area contributed by atoms with Crippen molar-refractivity contribution in [3.63, 3.8) is 0 Å². The highest BCUT2D eigenvalue weighted by Gasteiger charge is 2.46. The predicted octanol–water partition coefficient (Wildman–Crippen LogP) is 9.11. The van der Waals surface area contributed by atoms with Gasteiger partial charge in [-0.3, -0.25) is 14.1 Å². The largest absolute Gasteiger partial charge is 0.462 e. The standard InChI is InChI=1S/C47H78O12S/c1-3-5-7-9-11-13-15-17-19-20-22-23-25-27-29-31-33-35-42(48)56-37-40(38-57-47-46(52)45(51)44(50)41(59-47)39-60(53,54)55)58-43(49)36-34-32-30-28-26-24-21-18-16-14-12-10-8-6-4-2/h6,8,11-14,17-19,21,26,28,40-41,44-47,50-52H,3-5,7,9-10,15-16,20,22-25,27,29-39H2,1-2H3,(H,53,54,55)/b8-6+,13-11+,14-12+,19-17+,21-18+,28-26+/t40-,41-,44-,45?,46?,47+/m1/s1. The number of aliphatic hydroxyl groups excluding tert-OH is 3. The van der Waals surface area contributed by atoms with E-state index in [0.29, 0.717) is 12.8 Å². The van der Waals surface area contributed by atoms with Gasteiger partial charge in [0.05, 0.1) is 6.61 Å². The summed E-state index contributed by atoms with van der Waals surface area (Å²) >= 11 is 0. The highest BCUT2D eigenvalue weighted by atomic mass is 32.2. The van der Waals surface area contributed by atoms with Crippen LogP contribution < -0.4 is 0 Å². The van der Waals surface area contributed by atoms with Crippen molar-refractivity contribution >= 4 is 22.1 Å². The van der Waals surface area contributed by atoms with Crippen LogP contribution in [0.25, 0.3) is 0 Å². The van der Waals surface area contributed by atoms with Crippen LogP contribution in [0.5, 0.6) is 0 Å². The molecule has 1 rings (SSSR count). The number of aliphatic hydroxyl groups is 3. The van der Waals surface area contributed by atoms with Gasteiger partial charge in [-0.1, -0.05) is 132 Å². The second-order valence-corrected chi connectivity index (χ2v) is 16.8. The molecule has 13 heteroatoms. The molecule has 0 aliphatic carbocycles. The van der Waals surface area contributed by atoms with Crippen LogP contribution in [0.1, 0.15) is 155 Å². The maximum atomic E-state index is 12.8. The third kappa shape index (κ3) is 31.0. The number of allylic oxidation sites excluding steroid dienone is 12. The van der Waals surface area contributed by atoms with Crippen LogP contribution in [0.15, 0.2) is 72.9 Å². The fourth-order valence-electron chi connectivity index (χ4n) is 6.28. The number of carbonyl (C=O) groups excluding carboxylic acids is 2. The van der Waals surface area contributed by atoms with Gasteiger partial charge < -0.3 is 34.3 Å². The van der Waals surface area contributed by atoms with Crippen LogP contribution in [-0.4, -0.2) is 96.0 Å². The summed E-state index contributed by atoms with van der Waals surface area (Å²) in [4.78, 5) is 25.4. The molecule has 1 aliphatic rings. The van der Waals surface area contributed by atoms with Gasteiger partial charge in [0.15, 0.2) is 12.4 Å². The molecule has 0 aromatic carbocycles. The fraction of sp³-hybridized carbons (Fsp3) is 0.702. The first-order chi connectivity index (χ1) is 29.0. The normalized spacial score (nSPS) is 20.8. The molecule has 0 bridgehead atoms. The summed E-state index contributed by atoms with van der Waals surface area (Å²) in [6.07, 6.45) is 36.6. The van der Waals surface area contributed by atoms with Crippen molar-refractivity contribution in [3.8, 4) is 0 Å². The number of rotatable bonds is 36. The lowest BCUT2D eigenvalue weighted by Crippen LogP contribution is -2.60. The number of unbranched alkanes of at least 4 members (excludes halogenated alkanes) is 12. The molecular weight excluding hydrogens is 789 g/mol. The van der Waals surface area contributed by atoms with E-state index < -0.39 is 71.2 Å². The summed E-state index contributed by atoms with van der Waals surface area (Å²) in [5, 5.41) is 30.9. The van der Waals surface area contributed by atoms with Gasteiger partial charge in [-0.25, -0.2) is 0 Å². The molecule has 0 aromatic rings. The van der Waals surface area contributed by atoms with Crippen molar-refractivity contribution in [1.29, 1.82) is 0 Å². The molecule has 0 saturated carbocycles. The van der Waals surface area contributed by atoms with E-state index in [9.17, 15) is 37.9 Å². The molecule has 1 aliphatic heterocycles. The molecule has 0 aromatic heterocycles. The van der Waals surface area contributed by atoms with Crippen LogP contribution in [0.2, 0.25) is 0 Å². The van der Waals surface area contributed by atoms with Gasteiger partial charge in [-0.2, -0.15) is 8.42 Å². The van der Waals surface area contributed by atoms with E-state index in [0.717, 1.165) is 77.0 Å². The predicted molar refractivity (Wildman–Crippen MR) is 238 cm³/mol. The third-order valence-electron chi connectivity index (χ3n) is 9.77. The Bertz CT molecular complexity index is 1390. The Balaban J connectivity index is 2.49. The van der Waals surface area contributed by atoms with E-state index in [-0.39, 0.29) is 19.4 Å².